The number of rotatable bonds is 9. The van der Waals surface area contributed by atoms with E-state index in [-0.39, 0.29) is 25.0 Å². The van der Waals surface area contributed by atoms with Crippen molar-refractivity contribution in [3.8, 4) is 11.5 Å². The predicted octanol–water partition coefficient (Wildman–Crippen LogP) is 4.54. The zero-order chi connectivity index (χ0) is 23.1. The predicted molar refractivity (Wildman–Crippen MR) is 129 cm³/mol. The van der Waals surface area contributed by atoms with Gasteiger partial charge in [0.05, 0.1) is 11.6 Å². The number of likely N-dealkylation sites (N-methyl/N-ethyl adjacent to an activating group) is 1. The fraction of sp³-hybridized carbons (Fsp3) is 0.280. The Bertz CT molecular complexity index is 1100. The molecule has 3 aromatic rings. The molecule has 32 heavy (non-hydrogen) atoms. The number of carbonyl (C=O) groups is 2. The number of carbonyl (C=O) groups excluding carboxylic acids is 2. The molecule has 3 aromatic carbocycles. The Balaban J connectivity index is 1.79. The largest absolute Gasteiger partial charge is 0.497 e. The van der Waals surface area contributed by atoms with Crippen LogP contribution in [0.1, 0.15) is 19.4 Å². The Labute approximate surface area is 196 Å². The van der Waals surface area contributed by atoms with Crippen LogP contribution in [0.2, 0.25) is 0 Å². The monoisotopic (exact) mass is 498 g/mol. The van der Waals surface area contributed by atoms with Crippen molar-refractivity contribution in [2.75, 3.05) is 20.3 Å². The van der Waals surface area contributed by atoms with Gasteiger partial charge in [-0.05, 0) is 64.3 Å². The summed E-state index contributed by atoms with van der Waals surface area (Å²) in [5.41, 5.74) is 0.862. The first kappa shape index (κ1) is 23.6. The molecule has 0 heterocycles. The first-order valence-electron chi connectivity index (χ1n) is 10.4. The molecule has 0 fully saturated rings. The minimum absolute atomic E-state index is 0.190. The Morgan fingerprint density at radius 3 is 2.62 bits per heavy atom. The van der Waals surface area contributed by atoms with Crippen LogP contribution >= 0.6 is 15.9 Å². The maximum Gasteiger partial charge on any atom is 0.261 e. The molecule has 0 radical (unpaired) electrons. The lowest BCUT2D eigenvalue weighted by Crippen LogP contribution is -2.49. The Morgan fingerprint density at radius 1 is 1.09 bits per heavy atom. The van der Waals surface area contributed by atoms with E-state index in [0.29, 0.717) is 18.0 Å². The van der Waals surface area contributed by atoms with Crippen LogP contribution in [0.3, 0.4) is 0 Å². The number of hydrogen-bond donors (Lipinski definition) is 1. The first-order chi connectivity index (χ1) is 15.4. The van der Waals surface area contributed by atoms with E-state index in [1.165, 1.54) is 4.90 Å². The molecule has 2 amide bonds. The molecule has 1 N–H and O–H groups in total. The summed E-state index contributed by atoms with van der Waals surface area (Å²) < 4.78 is 11.9. The van der Waals surface area contributed by atoms with Crippen LogP contribution < -0.4 is 14.8 Å². The smallest absolute Gasteiger partial charge is 0.261 e. The Hall–Kier alpha value is -3.06. The van der Waals surface area contributed by atoms with E-state index in [1.54, 1.807) is 14.0 Å². The SMILES string of the molecule is CCNC(=O)C(C)N(Cc1cccc(OC)c1)C(=O)COc1ccc2ccccc2c1Br. The van der Waals surface area contributed by atoms with Gasteiger partial charge in [0, 0.05) is 13.1 Å². The standard InChI is InChI=1S/C25H27BrN2O4/c1-4-27-25(30)17(2)28(15-18-8-7-10-20(14-18)31-3)23(29)16-32-22-13-12-19-9-5-6-11-21(19)24(22)26/h5-14,17H,4,15-16H2,1-3H3,(H,27,30). The lowest BCUT2D eigenvalue weighted by Gasteiger charge is -2.28. The van der Waals surface area contributed by atoms with Gasteiger partial charge in [-0.2, -0.15) is 0 Å². The first-order valence-corrected chi connectivity index (χ1v) is 11.2. The number of fused-ring (bicyclic) bond motifs is 1. The fourth-order valence-electron chi connectivity index (χ4n) is 3.42. The second-order valence-corrected chi connectivity index (χ2v) is 8.12. The van der Waals surface area contributed by atoms with Gasteiger partial charge in [0.2, 0.25) is 5.91 Å². The average molecular weight is 499 g/mol. The molecular formula is C25H27BrN2O4. The fourth-order valence-corrected chi connectivity index (χ4v) is 4.03. The van der Waals surface area contributed by atoms with Crippen LogP contribution in [0.25, 0.3) is 10.8 Å². The lowest BCUT2D eigenvalue weighted by atomic mass is 10.1. The number of nitrogens with one attached hydrogen (secondary N) is 1. The number of ether oxygens (including phenoxy) is 2. The van der Waals surface area contributed by atoms with Gasteiger partial charge in [0.15, 0.2) is 6.61 Å². The molecule has 0 aliphatic carbocycles. The quantitative estimate of drug-likeness (QED) is 0.470. The number of benzene rings is 3. The molecule has 0 aliphatic rings. The normalized spacial score (nSPS) is 11.6. The summed E-state index contributed by atoms with van der Waals surface area (Å²) in [4.78, 5) is 27.2. The second kappa shape index (κ2) is 11.0. The van der Waals surface area contributed by atoms with E-state index in [1.807, 2.05) is 67.6 Å². The van der Waals surface area contributed by atoms with Gasteiger partial charge in [-0.15, -0.1) is 0 Å². The van der Waals surface area contributed by atoms with Gasteiger partial charge in [0.1, 0.15) is 17.5 Å². The van der Waals surface area contributed by atoms with Crippen molar-refractivity contribution in [1.82, 2.24) is 10.2 Å². The molecule has 0 spiro atoms. The van der Waals surface area contributed by atoms with Crippen molar-refractivity contribution in [3.63, 3.8) is 0 Å². The second-order valence-electron chi connectivity index (χ2n) is 7.33. The Kier molecular flexibility index (Phi) is 8.11. The van der Waals surface area contributed by atoms with Crippen molar-refractivity contribution in [1.29, 1.82) is 0 Å². The molecule has 168 valence electrons. The maximum atomic E-state index is 13.2. The summed E-state index contributed by atoms with van der Waals surface area (Å²) in [7, 11) is 1.59. The van der Waals surface area contributed by atoms with Crippen molar-refractivity contribution < 1.29 is 19.1 Å². The van der Waals surface area contributed by atoms with Crippen LogP contribution in [-0.2, 0) is 16.1 Å². The van der Waals surface area contributed by atoms with E-state index in [9.17, 15) is 9.59 Å². The molecule has 1 unspecified atom stereocenters. The number of halogens is 1. The highest BCUT2D eigenvalue weighted by Crippen LogP contribution is 2.33. The molecule has 3 rings (SSSR count). The lowest BCUT2D eigenvalue weighted by molar-refractivity contribution is -0.142. The van der Waals surface area contributed by atoms with Crippen LogP contribution in [-0.4, -0.2) is 43.0 Å². The van der Waals surface area contributed by atoms with Gasteiger partial charge in [-0.3, -0.25) is 9.59 Å². The highest BCUT2D eigenvalue weighted by Gasteiger charge is 2.26. The topological polar surface area (TPSA) is 67.9 Å². The van der Waals surface area contributed by atoms with Crippen LogP contribution in [0.5, 0.6) is 11.5 Å². The van der Waals surface area contributed by atoms with Crippen LogP contribution in [0.4, 0.5) is 0 Å². The number of nitrogens with zero attached hydrogens (tertiary/aromatic N) is 1. The van der Waals surface area contributed by atoms with Crippen molar-refractivity contribution in [2.45, 2.75) is 26.4 Å². The highest BCUT2D eigenvalue weighted by molar-refractivity contribution is 9.10. The van der Waals surface area contributed by atoms with E-state index < -0.39 is 6.04 Å². The van der Waals surface area contributed by atoms with Gasteiger partial charge >= 0.3 is 0 Å². The van der Waals surface area contributed by atoms with Gasteiger partial charge in [0.25, 0.3) is 5.91 Å². The zero-order valence-electron chi connectivity index (χ0n) is 18.4. The minimum Gasteiger partial charge on any atom is -0.497 e. The Morgan fingerprint density at radius 2 is 1.88 bits per heavy atom. The molecule has 0 saturated heterocycles. The van der Waals surface area contributed by atoms with Crippen LogP contribution in [0, 0.1) is 0 Å². The molecule has 0 aliphatic heterocycles. The molecule has 0 saturated carbocycles. The minimum atomic E-state index is -0.655. The molecule has 0 bridgehead atoms. The summed E-state index contributed by atoms with van der Waals surface area (Å²) in [5.74, 6) is 0.767. The van der Waals surface area contributed by atoms with Crippen molar-refractivity contribution in [2.24, 2.45) is 0 Å². The zero-order valence-corrected chi connectivity index (χ0v) is 20.0. The maximum absolute atomic E-state index is 13.2. The third kappa shape index (κ3) is 5.59. The molecule has 0 aromatic heterocycles. The van der Waals surface area contributed by atoms with Gasteiger partial charge < -0.3 is 19.7 Å². The molecule has 1 atom stereocenters. The molecule has 6 nitrogen and oxygen atoms in total. The van der Waals surface area contributed by atoms with Crippen molar-refractivity contribution in [3.05, 3.63) is 70.7 Å². The summed E-state index contributed by atoms with van der Waals surface area (Å²) in [6, 6.07) is 18.5. The van der Waals surface area contributed by atoms with Gasteiger partial charge in [-0.1, -0.05) is 42.5 Å². The van der Waals surface area contributed by atoms with E-state index >= 15 is 0 Å². The van der Waals surface area contributed by atoms with E-state index in [2.05, 4.69) is 21.2 Å². The van der Waals surface area contributed by atoms with Crippen molar-refractivity contribution >= 4 is 38.5 Å². The third-order valence-corrected chi connectivity index (χ3v) is 6.00. The highest BCUT2D eigenvalue weighted by atomic mass is 79.9. The average Bonchev–Trinajstić information content (AvgIpc) is 2.82. The number of amides is 2. The van der Waals surface area contributed by atoms with E-state index in [4.69, 9.17) is 9.47 Å². The van der Waals surface area contributed by atoms with Crippen LogP contribution in [0.15, 0.2) is 65.1 Å². The summed E-state index contributed by atoms with van der Waals surface area (Å²) >= 11 is 3.58. The number of hydrogen-bond acceptors (Lipinski definition) is 4. The summed E-state index contributed by atoms with van der Waals surface area (Å²) in [6.45, 7) is 4.13. The molecular weight excluding hydrogens is 472 g/mol. The van der Waals surface area contributed by atoms with Gasteiger partial charge in [-0.25, -0.2) is 0 Å². The molecule has 7 heteroatoms. The summed E-state index contributed by atoms with van der Waals surface area (Å²) in [5, 5.41) is 4.86. The number of methoxy groups -OCH3 is 1. The summed E-state index contributed by atoms with van der Waals surface area (Å²) in [6.07, 6.45) is 0. The van der Waals surface area contributed by atoms with E-state index in [0.717, 1.165) is 20.8 Å². The third-order valence-electron chi connectivity index (χ3n) is 5.18.